The van der Waals surface area contributed by atoms with Crippen molar-refractivity contribution in [3.63, 3.8) is 0 Å². The molecule has 1 N–H and O–H groups in total. The summed E-state index contributed by atoms with van der Waals surface area (Å²) in [5, 5.41) is 3.51. The highest BCUT2D eigenvalue weighted by Crippen LogP contribution is 2.11. The Balaban J connectivity index is 1.57. The second-order valence-corrected chi connectivity index (χ2v) is 5.17. The van der Waals surface area contributed by atoms with Gasteiger partial charge in [0.05, 0.1) is 12.9 Å². The molecule has 2 rings (SSSR count). The number of nitrogens with one attached hydrogen (secondary N) is 1. The lowest BCUT2D eigenvalue weighted by atomic mass is 10.1. The second kappa shape index (κ2) is 6.92. The lowest BCUT2D eigenvalue weighted by Crippen LogP contribution is -2.32. The monoisotopic (exact) mass is 252 g/mol. The normalized spacial score (nSPS) is 19.8. The standard InChI is InChI=1S/C14H24N2O2/c1-12-14(4-8-18-12)10-16(2)6-5-15-9-13-3-7-17-11-13/h4,8,13,15H,3,5-7,9-11H2,1-2H3. The van der Waals surface area contributed by atoms with Gasteiger partial charge in [0.2, 0.25) is 0 Å². The summed E-state index contributed by atoms with van der Waals surface area (Å²) < 4.78 is 10.7. The minimum absolute atomic E-state index is 0.714. The van der Waals surface area contributed by atoms with Crippen molar-refractivity contribution in [2.45, 2.75) is 19.9 Å². The molecule has 1 fully saturated rings. The molecule has 1 aliphatic rings. The molecule has 4 nitrogen and oxygen atoms in total. The summed E-state index contributed by atoms with van der Waals surface area (Å²) in [6.07, 6.45) is 2.97. The van der Waals surface area contributed by atoms with E-state index in [1.54, 1.807) is 6.26 Å². The molecular formula is C14H24N2O2. The van der Waals surface area contributed by atoms with Gasteiger partial charge in [-0.2, -0.15) is 0 Å². The fourth-order valence-electron chi connectivity index (χ4n) is 2.27. The van der Waals surface area contributed by atoms with Crippen LogP contribution < -0.4 is 5.32 Å². The molecule has 1 aliphatic heterocycles. The van der Waals surface area contributed by atoms with Crippen molar-refractivity contribution < 1.29 is 9.15 Å². The van der Waals surface area contributed by atoms with E-state index in [0.29, 0.717) is 5.92 Å². The smallest absolute Gasteiger partial charge is 0.105 e. The highest BCUT2D eigenvalue weighted by molar-refractivity contribution is 5.14. The molecule has 18 heavy (non-hydrogen) atoms. The number of likely N-dealkylation sites (N-methyl/N-ethyl adjacent to an activating group) is 1. The maximum atomic E-state index is 5.36. The first kappa shape index (κ1) is 13.6. The van der Waals surface area contributed by atoms with Crippen LogP contribution >= 0.6 is 0 Å². The predicted molar refractivity (Wildman–Crippen MR) is 71.6 cm³/mol. The highest BCUT2D eigenvalue weighted by atomic mass is 16.5. The second-order valence-electron chi connectivity index (χ2n) is 5.17. The molecule has 0 saturated carbocycles. The molecule has 1 aromatic rings. The van der Waals surface area contributed by atoms with Crippen molar-refractivity contribution in [1.82, 2.24) is 10.2 Å². The zero-order chi connectivity index (χ0) is 12.8. The van der Waals surface area contributed by atoms with Crippen LogP contribution in [-0.4, -0.2) is 44.8 Å². The summed E-state index contributed by atoms with van der Waals surface area (Å²) in [5.41, 5.74) is 1.28. The van der Waals surface area contributed by atoms with Gasteiger partial charge in [0, 0.05) is 38.3 Å². The van der Waals surface area contributed by atoms with E-state index in [1.807, 2.05) is 6.92 Å². The molecule has 1 atom stereocenters. The minimum atomic E-state index is 0.714. The molecule has 0 radical (unpaired) electrons. The van der Waals surface area contributed by atoms with Crippen molar-refractivity contribution in [2.75, 3.05) is 39.9 Å². The van der Waals surface area contributed by atoms with Crippen LogP contribution in [0.15, 0.2) is 16.7 Å². The molecule has 2 heterocycles. The quantitative estimate of drug-likeness (QED) is 0.749. The topological polar surface area (TPSA) is 37.6 Å². The summed E-state index contributed by atoms with van der Waals surface area (Å²) in [7, 11) is 2.15. The molecule has 0 bridgehead atoms. The van der Waals surface area contributed by atoms with Gasteiger partial charge in [0.1, 0.15) is 5.76 Å². The number of hydrogen-bond donors (Lipinski definition) is 1. The fraction of sp³-hybridized carbons (Fsp3) is 0.714. The van der Waals surface area contributed by atoms with E-state index in [2.05, 4.69) is 23.3 Å². The summed E-state index contributed by atoms with van der Waals surface area (Å²) in [4.78, 5) is 2.32. The van der Waals surface area contributed by atoms with E-state index in [4.69, 9.17) is 9.15 Å². The first-order chi connectivity index (χ1) is 8.75. The summed E-state index contributed by atoms with van der Waals surface area (Å²) in [6.45, 7) is 8.00. The lowest BCUT2D eigenvalue weighted by Gasteiger charge is -2.17. The van der Waals surface area contributed by atoms with Crippen molar-refractivity contribution >= 4 is 0 Å². The predicted octanol–water partition coefficient (Wildman–Crippen LogP) is 1.65. The molecule has 0 amide bonds. The molecule has 0 spiro atoms. The van der Waals surface area contributed by atoms with Gasteiger partial charge in [-0.25, -0.2) is 0 Å². The summed E-state index contributed by atoms with van der Waals surface area (Å²) >= 11 is 0. The Morgan fingerprint density at radius 1 is 1.50 bits per heavy atom. The molecule has 0 aromatic carbocycles. The Kier molecular flexibility index (Phi) is 5.23. The first-order valence-corrected chi connectivity index (χ1v) is 6.75. The third-order valence-electron chi connectivity index (χ3n) is 3.53. The Labute approximate surface area is 109 Å². The number of hydrogen-bond acceptors (Lipinski definition) is 4. The van der Waals surface area contributed by atoms with Crippen LogP contribution in [0.25, 0.3) is 0 Å². The van der Waals surface area contributed by atoms with Crippen LogP contribution in [0.5, 0.6) is 0 Å². The minimum Gasteiger partial charge on any atom is -0.469 e. The molecule has 4 heteroatoms. The first-order valence-electron chi connectivity index (χ1n) is 6.75. The van der Waals surface area contributed by atoms with E-state index in [1.165, 1.54) is 12.0 Å². The van der Waals surface area contributed by atoms with Crippen LogP contribution in [-0.2, 0) is 11.3 Å². The van der Waals surface area contributed by atoms with Gasteiger partial charge < -0.3 is 19.4 Å². The molecular weight excluding hydrogens is 228 g/mol. The average molecular weight is 252 g/mol. The number of rotatable bonds is 7. The third-order valence-corrected chi connectivity index (χ3v) is 3.53. The fourth-order valence-corrected chi connectivity index (χ4v) is 2.27. The highest BCUT2D eigenvalue weighted by Gasteiger charge is 2.14. The molecule has 1 saturated heterocycles. The van der Waals surface area contributed by atoms with E-state index in [9.17, 15) is 0 Å². The number of nitrogens with zero attached hydrogens (tertiary/aromatic N) is 1. The van der Waals surface area contributed by atoms with Gasteiger partial charge in [0.25, 0.3) is 0 Å². The van der Waals surface area contributed by atoms with Crippen molar-refractivity contribution in [3.8, 4) is 0 Å². The largest absolute Gasteiger partial charge is 0.469 e. The van der Waals surface area contributed by atoms with Gasteiger partial charge in [-0.1, -0.05) is 0 Å². The number of aryl methyl sites for hydroxylation is 1. The average Bonchev–Trinajstić information content (AvgIpc) is 2.98. The number of furan rings is 1. The van der Waals surface area contributed by atoms with Crippen molar-refractivity contribution in [2.24, 2.45) is 5.92 Å². The zero-order valence-electron chi connectivity index (χ0n) is 11.4. The van der Waals surface area contributed by atoms with Gasteiger partial charge >= 0.3 is 0 Å². The van der Waals surface area contributed by atoms with Crippen molar-refractivity contribution in [1.29, 1.82) is 0 Å². The molecule has 1 aromatic heterocycles. The van der Waals surface area contributed by atoms with Gasteiger partial charge in [0.15, 0.2) is 0 Å². The number of ether oxygens (including phenoxy) is 1. The SMILES string of the molecule is Cc1occc1CN(C)CCNCC1CCOC1. The zero-order valence-corrected chi connectivity index (χ0v) is 11.4. The molecule has 102 valence electrons. The van der Waals surface area contributed by atoms with Crippen molar-refractivity contribution in [3.05, 3.63) is 23.7 Å². The van der Waals surface area contributed by atoms with E-state index >= 15 is 0 Å². The Morgan fingerprint density at radius 2 is 2.39 bits per heavy atom. The summed E-state index contributed by atoms with van der Waals surface area (Å²) in [6, 6.07) is 2.05. The van der Waals surface area contributed by atoms with Crippen LogP contribution in [0, 0.1) is 12.8 Å². The summed E-state index contributed by atoms with van der Waals surface area (Å²) in [5.74, 6) is 1.74. The van der Waals surface area contributed by atoms with Gasteiger partial charge in [-0.05, 0) is 32.4 Å². The van der Waals surface area contributed by atoms with E-state index < -0.39 is 0 Å². The lowest BCUT2D eigenvalue weighted by molar-refractivity contribution is 0.185. The Morgan fingerprint density at radius 3 is 3.06 bits per heavy atom. The van der Waals surface area contributed by atoms with Crippen LogP contribution in [0.1, 0.15) is 17.7 Å². The maximum absolute atomic E-state index is 5.36. The van der Waals surface area contributed by atoms with Crippen LogP contribution in [0.2, 0.25) is 0 Å². The molecule has 0 aliphatic carbocycles. The Bertz CT molecular complexity index is 345. The molecule has 1 unspecified atom stereocenters. The van der Waals surface area contributed by atoms with Crippen LogP contribution in [0.3, 0.4) is 0 Å². The van der Waals surface area contributed by atoms with Gasteiger partial charge in [-0.3, -0.25) is 0 Å². The van der Waals surface area contributed by atoms with Gasteiger partial charge in [-0.15, -0.1) is 0 Å². The Hall–Kier alpha value is -0.840. The van der Waals surface area contributed by atoms with E-state index in [0.717, 1.165) is 45.2 Å². The third kappa shape index (κ3) is 4.12. The van der Waals surface area contributed by atoms with Crippen LogP contribution in [0.4, 0.5) is 0 Å². The maximum Gasteiger partial charge on any atom is 0.105 e. The van der Waals surface area contributed by atoms with E-state index in [-0.39, 0.29) is 0 Å².